The summed E-state index contributed by atoms with van der Waals surface area (Å²) in [6.45, 7) is 5.95. The lowest BCUT2D eigenvalue weighted by Gasteiger charge is -2.16. The van der Waals surface area contributed by atoms with Crippen LogP contribution in [-0.4, -0.2) is 25.5 Å². The van der Waals surface area contributed by atoms with Gasteiger partial charge in [0.15, 0.2) is 0 Å². The summed E-state index contributed by atoms with van der Waals surface area (Å²) in [7, 11) is 0. The van der Waals surface area contributed by atoms with Crippen molar-refractivity contribution in [3.8, 4) is 0 Å². The number of hydrogen-bond acceptors (Lipinski definition) is 5. The van der Waals surface area contributed by atoms with E-state index in [-0.39, 0.29) is 11.9 Å². The molecule has 0 aliphatic heterocycles. The van der Waals surface area contributed by atoms with Gasteiger partial charge in [-0.05, 0) is 60.9 Å². The normalized spacial score (nSPS) is 12.2. The minimum Gasteiger partial charge on any atom is -0.346 e. The smallest absolute Gasteiger partial charge is 0.253 e. The van der Waals surface area contributed by atoms with E-state index in [1.54, 1.807) is 4.52 Å². The summed E-state index contributed by atoms with van der Waals surface area (Å²) >= 11 is 1.50. The number of hydrogen-bond donors (Lipinski definition) is 1. The van der Waals surface area contributed by atoms with Gasteiger partial charge in [-0.15, -0.1) is 5.10 Å². The lowest BCUT2D eigenvalue weighted by Crippen LogP contribution is -2.27. The van der Waals surface area contributed by atoms with Crippen molar-refractivity contribution >= 4 is 34.2 Å². The largest absolute Gasteiger partial charge is 0.346 e. The van der Waals surface area contributed by atoms with Gasteiger partial charge in [0.25, 0.3) is 11.7 Å². The molecule has 2 aromatic heterocycles. The quantitative estimate of drug-likeness (QED) is 0.325. The Kier molecular flexibility index (Phi) is 6.02. The number of nitrogens with one attached hydrogen (secondary N) is 1. The van der Waals surface area contributed by atoms with E-state index in [1.807, 2.05) is 63.2 Å². The third-order valence-electron chi connectivity index (χ3n) is 5.84. The van der Waals surface area contributed by atoms with Gasteiger partial charge in [-0.25, -0.2) is 9.50 Å². The number of carbonyl (C=O) groups excluding carboxylic acids is 1. The molecule has 0 aliphatic rings. The SMILES string of the molecule is Cc1cc(C)n2nc(SCc3ccccc3C(=O)NC(C)c3ccc4ccccc4c3)nc2n1. The number of carbonyl (C=O) groups is 1. The number of nitrogens with zero attached hydrogens (tertiary/aromatic N) is 4. The van der Waals surface area contributed by atoms with Crippen molar-refractivity contribution in [2.75, 3.05) is 0 Å². The molecule has 0 bridgehead atoms. The van der Waals surface area contributed by atoms with Crippen LogP contribution in [0.2, 0.25) is 0 Å². The van der Waals surface area contributed by atoms with Crippen molar-refractivity contribution in [2.45, 2.75) is 37.7 Å². The fraction of sp³-hybridized carbons (Fsp3) is 0.185. The van der Waals surface area contributed by atoms with Crippen LogP contribution in [0, 0.1) is 13.8 Å². The molecule has 7 heteroatoms. The second kappa shape index (κ2) is 9.27. The first-order chi connectivity index (χ1) is 16.5. The van der Waals surface area contributed by atoms with Crippen LogP contribution in [0.5, 0.6) is 0 Å². The van der Waals surface area contributed by atoms with Gasteiger partial charge in [-0.1, -0.05) is 66.4 Å². The summed E-state index contributed by atoms with van der Waals surface area (Å²) in [4.78, 5) is 22.2. The zero-order valence-electron chi connectivity index (χ0n) is 19.3. The van der Waals surface area contributed by atoms with Gasteiger partial charge in [0, 0.05) is 22.7 Å². The van der Waals surface area contributed by atoms with E-state index >= 15 is 0 Å². The molecular weight excluding hydrogens is 442 g/mol. The maximum absolute atomic E-state index is 13.2. The number of thioether (sulfide) groups is 1. The van der Waals surface area contributed by atoms with E-state index in [4.69, 9.17) is 0 Å². The summed E-state index contributed by atoms with van der Waals surface area (Å²) in [6.07, 6.45) is 0. The Morgan fingerprint density at radius 1 is 0.971 bits per heavy atom. The lowest BCUT2D eigenvalue weighted by molar-refractivity contribution is 0.0939. The van der Waals surface area contributed by atoms with Gasteiger partial charge < -0.3 is 5.32 Å². The van der Waals surface area contributed by atoms with Crippen LogP contribution < -0.4 is 5.32 Å². The minimum atomic E-state index is -0.116. The van der Waals surface area contributed by atoms with Gasteiger partial charge >= 0.3 is 0 Å². The summed E-state index contributed by atoms with van der Waals surface area (Å²) < 4.78 is 1.75. The fourth-order valence-corrected chi connectivity index (χ4v) is 4.88. The summed E-state index contributed by atoms with van der Waals surface area (Å²) in [5.41, 5.74) is 4.58. The zero-order chi connectivity index (χ0) is 23.7. The molecule has 1 N–H and O–H groups in total. The van der Waals surface area contributed by atoms with Crippen LogP contribution >= 0.6 is 11.8 Å². The molecule has 0 radical (unpaired) electrons. The first-order valence-electron chi connectivity index (χ1n) is 11.2. The fourth-order valence-electron chi connectivity index (χ4n) is 4.05. The maximum Gasteiger partial charge on any atom is 0.253 e. The van der Waals surface area contributed by atoms with Crippen LogP contribution in [0.15, 0.2) is 78.0 Å². The van der Waals surface area contributed by atoms with Crippen LogP contribution in [0.3, 0.4) is 0 Å². The molecule has 170 valence electrons. The molecule has 2 heterocycles. The molecule has 0 aliphatic carbocycles. The zero-order valence-corrected chi connectivity index (χ0v) is 20.1. The molecule has 0 saturated heterocycles. The van der Waals surface area contributed by atoms with Crippen molar-refractivity contribution in [1.29, 1.82) is 0 Å². The first kappa shape index (κ1) is 22.1. The third kappa shape index (κ3) is 4.52. The van der Waals surface area contributed by atoms with Gasteiger partial charge in [0.2, 0.25) is 5.16 Å². The van der Waals surface area contributed by atoms with E-state index in [0.29, 0.717) is 22.3 Å². The molecule has 3 aromatic carbocycles. The molecule has 34 heavy (non-hydrogen) atoms. The highest BCUT2D eigenvalue weighted by Crippen LogP contribution is 2.24. The van der Waals surface area contributed by atoms with Crippen molar-refractivity contribution < 1.29 is 4.79 Å². The van der Waals surface area contributed by atoms with Gasteiger partial charge in [0.1, 0.15) is 0 Å². The molecule has 0 fully saturated rings. The molecule has 5 rings (SSSR count). The lowest BCUT2D eigenvalue weighted by atomic mass is 10.0. The summed E-state index contributed by atoms with van der Waals surface area (Å²) in [6, 6.07) is 24.1. The first-order valence-corrected chi connectivity index (χ1v) is 12.2. The number of amides is 1. The van der Waals surface area contributed by atoms with E-state index in [9.17, 15) is 4.79 Å². The number of rotatable bonds is 6. The number of fused-ring (bicyclic) bond motifs is 2. The average Bonchev–Trinajstić information content (AvgIpc) is 3.26. The second-order valence-electron chi connectivity index (χ2n) is 8.39. The van der Waals surface area contributed by atoms with Crippen LogP contribution in [0.1, 0.15) is 45.8 Å². The number of aromatic nitrogens is 4. The predicted molar refractivity (Wildman–Crippen MR) is 136 cm³/mol. The van der Waals surface area contributed by atoms with Gasteiger partial charge in [-0.3, -0.25) is 4.79 Å². The highest BCUT2D eigenvalue weighted by molar-refractivity contribution is 7.98. The Bertz CT molecular complexity index is 1510. The molecule has 1 atom stereocenters. The maximum atomic E-state index is 13.2. The Balaban J connectivity index is 1.32. The Morgan fingerprint density at radius 2 is 1.74 bits per heavy atom. The van der Waals surface area contributed by atoms with Gasteiger partial charge in [0.05, 0.1) is 6.04 Å². The van der Waals surface area contributed by atoms with Crippen LogP contribution in [0.4, 0.5) is 0 Å². The van der Waals surface area contributed by atoms with E-state index in [2.05, 4.69) is 50.7 Å². The summed E-state index contributed by atoms with van der Waals surface area (Å²) in [5.74, 6) is 1.09. The monoisotopic (exact) mass is 467 g/mol. The minimum absolute atomic E-state index is 0.0899. The van der Waals surface area contributed by atoms with E-state index in [0.717, 1.165) is 27.9 Å². The van der Waals surface area contributed by atoms with Crippen LogP contribution in [0.25, 0.3) is 16.6 Å². The Morgan fingerprint density at radius 3 is 2.59 bits per heavy atom. The molecule has 0 saturated carbocycles. The van der Waals surface area contributed by atoms with Gasteiger partial charge in [-0.2, -0.15) is 4.98 Å². The van der Waals surface area contributed by atoms with Crippen molar-refractivity contribution in [3.05, 3.63) is 101 Å². The average molecular weight is 468 g/mol. The highest BCUT2D eigenvalue weighted by atomic mass is 32.2. The van der Waals surface area contributed by atoms with Crippen LogP contribution in [-0.2, 0) is 5.75 Å². The molecule has 1 unspecified atom stereocenters. The number of aryl methyl sites for hydroxylation is 2. The molecule has 5 aromatic rings. The second-order valence-corrected chi connectivity index (χ2v) is 9.34. The van der Waals surface area contributed by atoms with E-state index in [1.165, 1.54) is 17.1 Å². The Labute approximate surface area is 202 Å². The topological polar surface area (TPSA) is 72.2 Å². The van der Waals surface area contributed by atoms with Crippen molar-refractivity contribution in [1.82, 2.24) is 24.9 Å². The third-order valence-corrected chi connectivity index (χ3v) is 6.73. The molecule has 1 amide bonds. The standard InChI is InChI=1S/C27H25N5OS/c1-17-14-18(2)32-26(28-17)30-27(31-32)34-16-23-10-6-7-11-24(23)25(33)29-19(3)21-13-12-20-8-4-5-9-22(20)15-21/h4-15,19H,16H2,1-3H3,(H,29,33). The Hall–Kier alpha value is -3.71. The highest BCUT2D eigenvalue weighted by Gasteiger charge is 2.16. The number of benzene rings is 3. The molecule has 0 spiro atoms. The van der Waals surface area contributed by atoms with Crippen molar-refractivity contribution in [3.63, 3.8) is 0 Å². The van der Waals surface area contributed by atoms with Crippen molar-refractivity contribution in [2.24, 2.45) is 0 Å². The molecular formula is C27H25N5OS. The van der Waals surface area contributed by atoms with E-state index < -0.39 is 0 Å². The predicted octanol–water partition coefficient (Wildman–Crippen LogP) is 5.68. The molecule has 6 nitrogen and oxygen atoms in total. The summed E-state index contributed by atoms with van der Waals surface area (Å²) in [5, 5.41) is 10.7.